The molecule has 2 heterocycles. The van der Waals surface area contributed by atoms with Crippen LogP contribution in [0.15, 0.2) is 47.3 Å². The Hall–Kier alpha value is -3.68. The summed E-state index contributed by atoms with van der Waals surface area (Å²) in [5.41, 5.74) is 3.87. The molecule has 0 unspecified atom stereocenters. The fourth-order valence-electron chi connectivity index (χ4n) is 4.00. The molecule has 0 bridgehead atoms. The second-order valence-corrected chi connectivity index (χ2v) is 9.57. The Morgan fingerprint density at radius 3 is 2.72 bits per heavy atom. The van der Waals surface area contributed by atoms with Gasteiger partial charge in [0.1, 0.15) is 11.5 Å². The molecule has 8 nitrogen and oxygen atoms in total. The van der Waals surface area contributed by atoms with E-state index in [1.165, 1.54) is 11.6 Å². The Bertz CT molecular complexity index is 1300. The van der Waals surface area contributed by atoms with Gasteiger partial charge >= 0.3 is 0 Å². The van der Waals surface area contributed by atoms with Crippen LogP contribution in [0.2, 0.25) is 0 Å². The summed E-state index contributed by atoms with van der Waals surface area (Å²) < 4.78 is 1.62. The minimum Gasteiger partial charge on any atom is -0.343 e. The molecule has 36 heavy (non-hydrogen) atoms. The molecule has 0 atom stereocenters. The second-order valence-electron chi connectivity index (χ2n) is 9.57. The largest absolute Gasteiger partial charge is 0.343 e. The third-order valence-corrected chi connectivity index (χ3v) is 6.14. The molecule has 0 fully saturated rings. The van der Waals surface area contributed by atoms with Crippen LogP contribution in [0.4, 0.5) is 5.69 Å². The number of likely N-dealkylation sites (N-methyl/N-ethyl adjacent to an activating group) is 1. The van der Waals surface area contributed by atoms with Gasteiger partial charge in [-0.2, -0.15) is 0 Å². The van der Waals surface area contributed by atoms with Gasteiger partial charge in [-0.1, -0.05) is 32.1 Å². The number of aromatic amines is 1. The highest BCUT2D eigenvalue weighted by atomic mass is 16.2. The van der Waals surface area contributed by atoms with E-state index in [-0.39, 0.29) is 36.0 Å². The lowest BCUT2D eigenvalue weighted by Gasteiger charge is -2.12. The van der Waals surface area contributed by atoms with Crippen LogP contribution in [-0.2, 0) is 22.6 Å². The van der Waals surface area contributed by atoms with E-state index in [1.807, 2.05) is 32.0 Å². The Balaban J connectivity index is 1.66. The van der Waals surface area contributed by atoms with Crippen molar-refractivity contribution in [1.29, 1.82) is 0 Å². The van der Waals surface area contributed by atoms with Gasteiger partial charge in [0.2, 0.25) is 11.8 Å². The zero-order valence-corrected chi connectivity index (χ0v) is 21.9. The number of carbonyl (C=O) groups excluding carboxylic acids is 2. The van der Waals surface area contributed by atoms with E-state index in [9.17, 15) is 14.4 Å². The van der Waals surface area contributed by atoms with Crippen molar-refractivity contribution < 1.29 is 9.59 Å². The standard InChI is InChI=1S/C28H37N5O3/c1-6-32(5)26(35)14-9-7-8-13-25(34)30-23-16-15-20(4)33(28(23)36)18-24-29-22-12-10-11-21(17-19(2)3)27(22)31-24/h9-12,14-16,19H,6-8,13,17-18H2,1-5H3,(H,29,31)(H,30,34)/b14-9+. The predicted octanol–water partition coefficient (Wildman–Crippen LogP) is 4.42. The van der Waals surface area contributed by atoms with Crippen LogP contribution in [-0.4, -0.2) is 44.8 Å². The van der Waals surface area contributed by atoms with Crippen molar-refractivity contribution >= 4 is 28.5 Å². The quantitative estimate of drug-likeness (QED) is 0.306. The monoisotopic (exact) mass is 491 g/mol. The summed E-state index contributed by atoms with van der Waals surface area (Å²) in [7, 11) is 1.74. The highest BCUT2D eigenvalue weighted by molar-refractivity contribution is 5.90. The molecule has 2 N–H and O–H groups in total. The first-order valence-corrected chi connectivity index (χ1v) is 12.6. The molecule has 2 amide bonds. The Morgan fingerprint density at radius 2 is 2.00 bits per heavy atom. The fraction of sp³-hybridized carbons (Fsp3) is 0.429. The molecule has 8 heteroatoms. The number of aryl methyl sites for hydroxylation is 1. The Kier molecular flexibility index (Phi) is 9.22. The van der Waals surface area contributed by atoms with Gasteiger partial charge in [-0.3, -0.25) is 14.4 Å². The maximum absolute atomic E-state index is 13.2. The van der Waals surface area contributed by atoms with E-state index in [2.05, 4.69) is 30.2 Å². The zero-order valence-electron chi connectivity index (χ0n) is 21.9. The van der Waals surface area contributed by atoms with Crippen LogP contribution >= 0.6 is 0 Å². The molecule has 1 aromatic carbocycles. The van der Waals surface area contributed by atoms with E-state index < -0.39 is 0 Å². The number of nitrogens with zero attached hydrogens (tertiary/aromatic N) is 3. The lowest BCUT2D eigenvalue weighted by atomic mass is 10.0. The van der Waals surface area contributed by atoms with Crippen molar-refractivity contribution in [3.63, 3.8) is 0 Å². The summed E-state index contributed by atoms with van der Waals surface area (Å²) in [5, 5.41) is 2.75. The number of para-hydroxylation sites is 1. The van der Waals surface area contributed by atoms with Crippen molar-refractivity contribution in [1.82, 2.24) is 19.4 Å². The molecule has 0 saturated carbocycles. The predicted molar refractivity (Wildman–Crippen MR) is 144 cm³/mol. The molecule has 192 valence electrons. The van der Waals surface area contributed by atoms with Crippen LogP contribution in [0.1, 0.15) is 57.1 Å². The van der Waals surface area contributed by atoms with E-state index >= 15 is 0 Å². The highest BCUT2D eigenvalue weighted by Crippen LogP contribution is 2.20. The number of rotatable bonds is 11. The van der Waals surface area contributed by atoms with Gasteiger partial charge in [0.05, 0.1) is 17.6 Å². The minimum atomic E-state index is -0.265. The first kappa shape index (κ1) is 26.9. The number of anilines is 1. The Morgan fingerprint density at radius 1 is 1.22 bits per heavy atom. The number of imidazole rings is 1. The number of H-pyrrole nitrogens is 1. The first-order valence-electron chi connectivity index (χ1n) is 12.6. The average molecular weight is 492 g/mol. The molecule has 0 spiro atoms. The summed E-state index contributed by atoms with van der Waals surface area (Å²) in [6, 6.07) is 9.55. The van der Waals surface area contributed by atoms with Crippen LogP contribution in [0, 0.1) is 12.8 Å². The summed E-state index contributed by atoms with van der Waals surface area (Å²) in [6.07, 6.45) is 5.71. The lowest BCUT2D eigenvalue weighted by molar-refractivity contribution is -0.124. The van der Waals surface area contributed by atoms with Gasteiger partial charge in [-0.15, -0.1) is 0 Å². The molecule has 2 aromatic heterocycles. The molecule has 0 aliphatic rings. The smallest absolute Gasteiger partial charge is 0.274 e. The van der Waals surface area contributed by atoms with Gasteiger partial charge in [0, 0.05) is 25.7 Å². The molecular formula is C28H37N5O3. The van der Waals surface area contributed by atoms with Crippen molar-refractivity contribution in [2.45, 2.75) is 59.9 Å². The van der Waals surface area contributed by atoms with Gasteiger partial charge in [-0.25, -0.2) is 4.98 Å². The molecule has 0 radical (unpaired) electrons. The maximum Gasteiger partial charge on any atom is 0.274 e. The second kappa shape index (κ2) is 12.3. The molecule has 3 aromatic rings. The topological polar surface area (TPSA) is 100 Å². The number of benzene rings is 1. The number of hydrogen-bond donors (Lipinski definition) is 2. The number of carbonyl (C=O) groups is 2. The van der Waals surface area contributed by atoms with Gasteiger partial charge in [0.25, 0.3) is 5.56 Å². The SMILES string of the molecule is CCN(C)C(=O)/C=C/CCCC(=O)Nc1ccc(C)n(Cc2nc3cccc(CC(C)C)c3[nH]2)c1=O. The van der Waals surface area contributed by atoms with Gasteiger partial charge in [-0.05, 0) is 68.9 Å². The van der Waals surface area contributed by atoms with Gasteiger partial charge in [0.15, 0.2) is 0 Å². The fourth-order valence-corrected chi connectivity index (χ4v) is 4.00. The molecule has 3 rings (SSSR count). The number of unbranched alkanes of at least 4 members (excludes halogenated alkanes) is 1. The van der Waals surface area contributed by atoms with Crippen molar-refractivity contribution in [2.75, 3.05) is 18.9 Å². The van der Waals surface area contributed by atoms with Crippen LogP contribution in [0.25, 0.3) is 11.0 Å². The number of allylic oxidation sites excluding steroid dienone is 1. The number of hydrogen-bond acceptors (Lipinski definition) is 4. The third kappa shape index (κ3) is 6.93. The molecule has 0 aliphatic carbocycles. The van der Waals surface area contributed by atoms with E-state index in [1.54, 1.807) is 28.7 Å². The normalized spacial score (nSPS) is 11.5. The maximum atomic E-state index is 13.2. The van der Waals surface area contributed by atoms with E-state index in [4.69, 9.17) is 4.98 Å². The lowest BCUT2D eigenvalue weighted by Crippen LogP contribution is -2.28. The first-order chi connectivity index (χ1) is 17.2. The van der Waals surface area contributed by atoms with Crippen molar-refractivity contribution in [3.8, 4) is 0 Å². The molecular weight excluding hydrogens is 454 g/mol. The van der Waals surface area contributed by atoms with Crippen LogP contribution in [0.3, 0.4) is 0 Å². The summed E-state index contributed by atoms with van der Waals surface area (Å²) in [4.78, 5) is 47.1. The summed E-state index contributed by atoms with van der Waals surface area (Å²) in [5.74, 6) is 0.941. The van der Waals surface area contributed by atoms with E-state index in [0.717, 1.165) is 23.1 Å². The van der Waals surface area contributed by atoms with Gasteiger partial charge < -0.3 is 19.8 Å². The Labute approximate surface area is 212 Å². The van der Waals surface area contributed by atoms with E-state index in [0.29, 0.717) is 31.1 Å². The highest BCUT2D eigenvalue weighted by Gasteiger charge is 2.13. The number of fused-ring (bicyclic) bond motifs is 1. The number of aromatic nitrogens is 3. The number of nitrogens with one attached hydrogen (secondary N) is 2. The molecule has 0 saturated heterocycles. The number of amides is 2. The summed E-state index contributed by atoms with van der Waals surface area (Å²) in [6.45, 7) is 9.08. The zero-order chi connectivity index (χ0) is 26.2. The van der Waals surface area contributed by atoms with Crippen LogP contribution in [0.5, 0.6) is 0 Å². The minimum absolute atomic E-state index is 0.0530. The third-order valence-electron chi connectivity index (χ3n) is 6.14. The summed E-state index contributed by atoms with van der Waals surface area (Å²) >= 11 is 0. The average Bonchev–Trinajstić information content (AvgIpc) is 3.26. The van der Waals surface area contributed by atoms with Crippen molar-refractivity contribution in [2.24, 2.45) is 5.92 Å². The van der Waals surface area contributed by atoms with Crippen LogP contribution < -0.4 is 10.9 Å². The molecule has 0 aliphatic heterocycles. The number of pyridine rings is 1. The van der Waals surface area contributed by atoms with Crippen molar-refractivity contribution in [3.05, 3.63) is 69.9 Å².